The summed E-state index contributed by atoms with van der Waals surface area (Å²) < 4.78 is 0.792. The number of likely N-dealkylation sites (tertiary alicyclic amines) is 1. The van der Waals surface area contributed by atoms with E-state index < -0.39 is 0 Å². The van der Waals surface area contributed by atoms with Gasteiger partial charge in [0.1, 0.15) is 0 Å². The first-order chi connectivity index (χ1) is 15.2. The minimum Gasteiger partial charge on any atom is -0.351 e. The molecule has 3 aromatic rings. The standard InChI is InChI=1S/C23H27N5OS2/c1-2-17-8-10-19(11-9-17)25-22-26-27-23(31-22)30-16-21(29)24-20-12-13-28(15-20)14-18-6-4-3-5-7-18/h3-11,20H,2,12-16H2,1H3,(H,24,29)(H,25,26)/t20-/m1/s1. The highest BCUT2D eigenvalue weighted by molar-refractivity contribution is 8.01. The zero-order valence-corrected chi connectivity index (χ0v) is 19.2. The van der Waals surface area contributed by atoms with Crippen molar-refractivity contribution in [2.24, 2.45) is 0 Å². The fourth-order valence-electron chi connectivity index (χ4n) is 3.60. The third-order valence-corrected chi connectivity index (χ3v) is 7.21. The monoisotopic (exact) mass is 453 g/mol. The van der Waals surface area contributed by atoms with Crippen LogP contribution in [0.2, 0.25) is 0 Å². The van der Waals surface area contributed by atoms with Gasteiger partial charge in [-0.3, -0.25) is 9.69 Å². The van der Waals surface area contributed by atoms with Gasteiger partial charge in [-0.2, -0.15) is 0 Å². The Balaban J connectivity index is 1.19. The van der Waals surface area contributed by atoms with Crippen molar-refractivity contribution in [3.05, 3.63) is 65.7 Å². The molecule has 0 aliphatic carbocycles. The second kappa shape index (κ2) is 10.7. The zero-order chi connectivity index (χ0) is 21.5. The summed E-state index contributed by atoms with van der Waals surface area (Å²) in [6.07, 6.45) is 2.01. The van der Waals surface area contributed by atoms with Gasteiger partial charge < -0.3 is 10.6 Å². The van der Waals surface area contributed by atoms with E-state index in [9.17, 15) is 4.79 Å². The maximum Gasteiger partial charge on any atom is 0.230 e. The second-order valence-electron chi connectivity index (χ2n) is 7.61. The molecule has 0 bridgehead atoms. The molecule has 31 heavy (non-hydrogen) atoms. The number of rotatable bonds is 9. The molecule has 0 spiro atoms. The summed E-state index contributed by atoms with van der Waals surface area (Å²) in [5, 5.41) is 15.5. The van der Waals surface area contributed by atoms with Crippen molar-refractivity contribution in [3.63, 3.8) is 0 Å². The highest BCUT2D eigenvalue weighted by atomic mass is 32.2. The number of carbonyl (C=O) groups is 1. The lowest BCUT2D eigenvalue weighted by Crippen LogP contribution is -2.37. The Morgan fingerprint density at radius 1 is 1.13 bits per heavy atom. The molecule has 0 radical (unpaired) electrons. The number of anilines is 2. The van der Waals surface area contributed by atoms with E-state index in [4.69, 9.17) is 0 Å². The SMILES string of the molecule is CCc1ccc(Nc2nnc(SCC(=O)N[C@@H]3CCN(Cc4ccccc4)C3)s2)cc1. The molecule has 2 aromatic carbocycles. The molecule has 0 saturated carbocycles. The molecule has 162 valence electrons. The quantitative estimate of drug-likeness (QED) is 0.470. The van der Waals surface area contributed by atoms with Crippen molar-refractivity contribution < 1.29 is 4.79 Å². The van der Waals surface area contributed by atoms with Crippen molar-refractivity contribution in [1.29, 1.82) is 0 Å². The van der Waals surface area contributed by atoms with Crippen LogP contribution in [-0.2, 0) is 17.8 Å². The first-order valence-electron chi connectivity index (χ1n) is 10.6. The van der Waals surface area contributed by atoms with E-state index in [-0.39, 0.29) is 11.9 Å². The Morgan fingerprint density at radius 3 is 2.71 bits per heavy atom. The van der Waals surface area contributed by atoms with E-state index in [1.54, 1.807) is 0 Å². The van der Waals surface area contributed by atoms with Gasteiger partial charge in [0.2, 0.25) is 11.0 Å². The molecule has 1 saturated heterocycles. The van der Waals surface area contributed by atoms with Gasteiger partial charge in [0.15, 0.2) is 4.34 Å². The van der Waals surface area contributed by atoms with Gasteiger partial charge in [0.05, 0.1) is 5.75 Å². The largest absolute Gasteiger partial charge is 0.351 e. The number of aromatic nitrogens is 2. The van der Waals surface area contributed by atoms with Crippen LogP contribution in [0.5, 0.6) is 0 Å². The van der Waals surface area contributed by atoms with E-state index >= 15 is 0 Å². The fourth-order valence-corrected chi connectivity index (χ4v) is 5.18. The number of carbonyl (C=O) groups excluding carboxylic acids is 1. The Bertz CT molecular complexity index is 977. The number of aryl methyl sites for hydroxylation is 1. The molecule has 1 aliphatic heterocycles. The molecular weight excluding hydrogens is 426 g/mol. The lowest BCUT2D eigenvalue weighted by atomic mass is 10.1. The topological polar surface area (TPSA) is 70.1 Å². The molecular formula is C23H27N5OS2. The lowest BCUT2D eigenvalue weighted by molar-refractivity contribution is -0.119. The van der Waals surface area contributed by atoms with Crippen LogP contribution >= 0.6 is 23.1 Å². The molecule has 1 amide bonds. The maximum atomic E-state index is 12.4. The van der Waals surface area contributed by atoms with E-state index in [1.165, 1.54) is 34.2 Å². The van der Waals surface area contributed by atoms with Crippen molar-refractivity contribution in [2.45, 2.75) is 36.7 Å². The van der Waals surface area contributed by atoms with Crippen LogP contribution in [-0.4, -0.2) is 45.9 Å². The predicted octanol–water partition coefficient (Wildman–Crippen LogP) is 4.33. The van der Waals surface area contributed by atoms with Gasteiger partial charge in [0, 0.05) is 31.4 Å². The van der Waals surface area contributed by atoms with E-state index in [0.717, 1.165) is 47.6 Å². The molecule has 1 aliphatic rings. The van der Waals surface area contributed by atoms with Crippen molar-refractivity contribution in [2.75, 3.05) is 24.2 Å². The lowest BCUT2D eigenvalue weighted by Gasteiger charge is -2.16. The summed E-state index contributed by atoms with van der Waals surface area (Å²) in [4.78, 5) is 14.8. The molecule has 1 atom stereocenters. The van der Waals surface area contributed by atoms with Crippen LogP contribution in [0, 0.1) is 0 Å². The second-order valence-corrected chi connectivity index (χ2v) is 9.81. The number of benzene rings is 2. The Hall–Kier alpha value is -2.42. The third-order valence-electron chi connectivity index (χ3n) is 5.23. The molecule has 8 heteroatoms. The third kappa shape index (κ3) is 6.53. The number of thioether (sulfide) groups is 1. The van der Waals surface area contributed by atoms with Crippen molar-refractivity contribution in [3.8, 4) is 0 Å². The summed E-state index contributed by atoms with van der Waals surface area (Å²) in [6, 6.07) is 19.0. The fraction of sp³-hybridized carbons (Fsp3) is 0.348. The average molecular weight is 454 g/mol. The summed E-state index contributed by atoms with van der Waals surface area (Å²) in [6.45, 7) is 4.98. The van der Waals surface area contributed by atoms with Crippen LogP contribution in [0.1, 0.15) is 24.5 Å². The first-order valence-corrected chi connectivity index (χ1v) is 12.4. The van der Waals surface area contributed by atoms with Crippen molar-refractivity contribution >= 4 is 39.8 Å². The molecule has 1 fully saturated rings. The summed E-state index contributed by atoms with van der Waals surface area (Å²) in [7, 11) is 0. The van der Waals surface area contributed by atoms with Crippen LogP contribution in [0.3, 0.4) is 0 Å². The molecule has 6 nitrogen and oxygen atoms in total. The Kier molecular flexibility index (Phi) is 7.56. The normalized spacial score (nSPS) is 16.4. The number of amides is 1. The van der Waals surface area contributed by atoms with Gasteiger partial charge in [-0.1, -0.05) is 72.5 Å². The summed E-state index contributed by atoms with van der Waals surface area (Å²) in [5.41, 5.74) is 3.60. The Labute approximate surface area is 191 Å². The highest BCUT2D eigenvalue weighted by Gasteiger charge is 2.23. The van der Waals surface area contributed by atoms with Crippen LogP contribution in [0.15, 0.2) is 58.9 Å². The first kappa shape index (κ1) is 21.8. The van der Waals surface area contributed by atoms with E-state index in [0.29, 0.717) is 5.75 Å². The number of hydrogen-bond donors (Lipinski definition) is 2. The van der Waals surface area contributed by atoms with Gasteiger partial charge in [-0.05, 0) is 36.1 Å². The van der Waals surface area contributed by atoms with Gasteiger partial charge >= 0.3 is 0 Å². The van der Waals surface area contributed by atoms with Gasteiger partial charge in [-0.25, -0.2) is 0 Å². The molecule has 2 heterocycles. The minimum absolute atomic E-state index is 0.0522. The molecule has 4 rings (SSSR count). The maximum absolute atomic E-state index is 12.4. The summed E-state index contributed by atoms with van der Waals surface area (Å²) >= 11 is 2.90. The van der Waals surface area contributed by atoms with Crippen molar-refractivity contribution in [1.82, 2.24) is 20.4 Å². The van der Waals surface area contributed by atoms with Crippen LogP contribution in [0.4, 0.5) is 10.8 Å². The molecule has 2 N–H and O–H groups in total. The number of nitrogens with zero attached hydrogens (tertiary/aromatic N) is 3. The molecule has 1 aromatic heterocycles. The average Bonchev–Trinajstić information content (AvgIpc) is 3.43. The number of nitrogens with one attached hydrogen (secondary N) is 2. The number of hydrogen-bond acceptors (Lipinski definition) is 7. The van der Waals surface area contributed by atoms with E-state index in [1.807, 2.05) is 18.2 Å². The van der Waals surface area contributed by atoms with E-state index in [2.05, 4.69) is 69.1 Å². The smallest absolute Gasteiger partial charge is 0.230 e. The molecule has 0 unspecified atom stereocenters. The van der Waals surface area contributed by atoms with Crippen LogP contribution in [0.25, 0.3) is 0 Å². The Morgan fingerprint density at radius 2 is 1.94 bits per heavy atom. The zero-order valence-electron chi connectivity index (χ0n) is 17.6. The summed E-state index contributed by atoms with van der Waals surface area (Å²) in [5.74, 6) is 0.408. The predicted molar refractivity (Wildman–Crippen MR) is 128 cm³/mol. The van der Waals surface area contributed by atoms with Gasteiger partial charge in [-0.15, -0.1) is 10.2 Å². The van der Waals surface area contributed by atoms with Crippen LogP contribution < -0.4 is 10.6 Å². The minimum atomic E-state index is 0.0522. The highest BCUT2D eigenvalue weighted by Crippen LogP contribution is 2.27. The van der Waals surface area contributed by atoms with Gasteiger partial charge in [0.25, 0.3) is 0 Å².